The predicted octanol–water partition coefficient (Wildman–Crippen LogP) is 3.80. The van der Waals surface area contributed by atoms with E-state index in [0.29, 0.717) is 0 Å². The van der Waals surface area contributed by atoms with Gasteiger partial charge in [0.15, 0.2) is 0 Å². The highest BCUT2D eigenvalue weighted by Crippen LogP contribution is 2.33. The summed E-state index contributed by atoms with van der Waals surface area (Å²) >= 11 is 4.98. The largest absolute Gasteiger partial charge is 0.466 e. The zero-order chi connectivity index (χ0) is 11.0. The van der Waals surface area contributed by atoms with Gasteiger partial charge in [-0.1, -0.05) is 0 Å². The molecule has 2 nitrogen and oxygen atoms in total. The van der Waals surface area contributed by atoms with E-state index < -0.39 is 6.10 Å². The molecule has 4 heteroatoms. The number of rotatable bonds is 2. The molecule has 80 valence electrons. The van der Waals surface area contributed by atoms with E-state index in [4.69, 9.17) is 4.42 Å². The van der Waals surface area contributed by atoms with E-state index >= 15 is 0 Å². The lowest BCUT2D eigenvalue weighted by Crippen LogP contribution is -1.98. The SMILES string of the molecule is Cc1cc(C(O)c2cscc2Br)c(C)o1. The Labute approximate surface area is 101 Å². The molecule has 2 aromatic rings. The molecule has 0 aliphatic carbocycles. The van der Waals surface area contributed by atoms with Gasteiger partial charge in [-0.25, -0.2) is 0 Å². The van der Waals surface area contributed by atoms with Gasteiger partial charge in [0.05, 0.1) is 0 Å². The second kappa shape index (κ2) is 4.12. The van der Waals surface area contributed by atoms with Gasteiger partial charge in [-0.3, -0.25) is 0 Å². The zero-order valence-electron chi connectivity index (χ0n) is 8.45. The monoisotopic (exact) mass is 286 g/mol. The molecule has 0 aliphatic rings. The molecule has 0 amide bonds. The van der Waals surface area contributed by atoms with Crippen molar-refractivity contribution in [2.75, 3.05) is 0 Å². The third kappa shape index (κ3) is 2.02. The van der Waals surface area contributed by atoms with Crippen LogP contribution in [0.25, 0.3) is 0 Å². The van der Waals surface area contributed by atoms with Crippen LogP contribution in [0.3, 0.4) is 0 Å². The summed E-state index contributed by atoms with van der Waals surface area (Å²) in [5, 5.41) is 14.1. The molecular formula is C11H11BrO2S. The van der Waals surface area contributed by atoms with Gasteiger partial charge in [0.1, 0.15) is 17.6 Å². The van der Waals surface area contributed by atoms with Crippen LogP contribution < -0.4 is 0 Å². The fraction of sp³-hybridized carbons (Fsp3) is 0.273. The van der Waals surface area contributed by atoms with Gasteiger partial charge in [0.25, 0.3) is 0 Å². The minimum atomic E-state index is -0.608. The summed E-state index contributed by atoms with van der Waals surface area (Å²) in [6, 6.07) is 1.88. The normalized spacial score (nSPS) is 13.1. The van der Waals surface area contributed by atoms with Crippen molar-refractivity contribution in [3.63, 3.8) is 0 Å². The quantitative estimate of drug-likeness (QED) is 0.911. The molecule has 2 aromatic heterocycles. The topological polar surface area (TPSA) is 33.4 Å². The van der Waals surface area contributed by atoms with E-state index in [1.54, 1.807) is 11.3 Å². The maximum Gasteiger partial charge on any atom is 0.109 e. The number of furan rings is 1. The van der Waals surface area contributed by atoms with E-state index in [9.17, 15) is 5.11 Å². The lowest BCUT2D eigenvalue weighted by atomic mass is 10.1. The van der Waals surface area contributed by atoms with Gasteiger partial charge in [-0.05, 0) is 41.2 Å². The molecule has 0 fully saturated rings. The van der Waals surface area contributed by atoms with Gasteiger partial charge in [0, 0.05) is 21.0 Å². The van der Waals surface area contributed by atoms with Gasteiger partial charge in [-0.2, -0.15) is 11.3 Å². The highest BCUT2D eigenvalue weighted by molar-refractivity contribution is 9.10. The first kappa shape index (κ1) is 10.9. The summed E-state index contributed by atoms with van der Waals surface area (Å²) in [6.07, 6.45) is -0.608. The Morgan fingerprint density at radius 1 is 1.33 bits per heavy atom. The molecule has 2 rings (SSSR count). The molecule has 1 N–H and O–H groups in total. The predicted molar refractivity (Wildman–Crippen MR) is 64.3 cm³/mol. The van der Waals surface area contributed by atoms with Crippen LogP contribution in [-0.2, 0) is 0 Å². The Hall–Kier alpha value is -0.580. The molecule has 1 atom stereocenters. The van der Waals surface area contributed by atoms with Crippen LogP contribution in [0, 0.1) is 13.8 Å². The Kier molecular flexibility index (Phi) is 3.00. The molecule has 2 heterocycles. The molecule has 0 bridgehead atoms. The van der Waals surface area contributed by atoms with E-state index in [-0.39, 0.29) is 0 Å². The van der Waals surface area contributed by atoms with Crippen molar-refractivity contribution in [1.29, 1.82) is 0 Å². The van der Waals surface area contributed by atoms with Crippen LogP contribution in [0.1, 0.15) is 28.8 Å². The van der Waals surface area contributed by atoms with Gasteiger partial charge in [-0.15, -0.1) is 0 Å². The first-order valence-electron chi connectivity index (χ1n) is 4.56. The third-order valence-corrected chi connectivity index (χ3v) is 4.06. The molecule has 0 radical (unpaired) electrons. The number of aryl methyl sites for hydroxylation is 2. The molecular weight excluding hydrogens is 276 g/mol. The summed E-state index contributed by atoms with van der Waals surface area (Å²) in [4.78, 5) is 0. The summed E-state index contributed by atoms with van der Waals surface area (Å²) in [5.74, 6) is 1.60. The minimum absolute atomic E-state index is 0.608. The number of aliphatic hydroxyl groups is 1. The van der Waals surface area contributed by atoms with Crippen molar-refractivity contribution in [3.05, 3.63) is 43.9 Å². The van der Waals surface area contributed by atoms with E-state index in [1.165, 1.54) is 0 Å². The maximum absolute atomic E-state index is 10.2. The number of hydrogen-bond donors (Lipinski definition) is 1. The van der Waals surface area contributed by atoms with Crippen molar-refractivity contribution < 1.29 is 9.52 Å². The van der Waals surface area contributed by atoms with Crippen molar-refractivity contribution in [3.8, 4) is 0 Å². The summed E-state index contributed by atoms with van der Waals surface area (Å²) in [7, 11) is 0. The Morgan fingerprint density at radius 3 is 2.53 bits per heavy atom. The third-order valence-electron chi connectivity index (χ3n) is 2.31. The molecule has 0 aliphatic heterocycles. The van der Waals surface area contributed by atoms with Crippen LogP contribution in [0.4, 0.5) is 0 Å². The number of halogens is 1. The number of aliphatic hydroxyl groups excluding tert-OH is 1. The van der Waals surface area contributed by atoms with E-state index in [0.717, 1.165) is 27.1 Å². The van der Waals surface area contributed by atoms with Crippen molar-refractivity contribution in [2.24, 2.45) is 0 Å². The Morgan fingerprint density at radius 2 is 2.07 bits per heavy atom. The molecule has 1 unspecified atom stereocenters. The summed E-state index contributed by atoms with van der Waals surface area (Å²) in [5.41, 5.74) is 1.73. The van der Waals surface area contributed by atoms with E-state index in [1.807, 2.05) is 30.7 Å². The van der Waals surface area contributed by atoms with Crippen LogP contribution in [0.5, 0.6) is 0 Å². The summed E-state index contributed by atoms with van der Waals surface area (Å²) in [6.45, 7) is 3.75. The van der Waals surface area contributed by atoms with Crippen LogP contribution in [-0.4, -0.2) is 5.11 Å². The first-order chi connectivity index (χ1) is 7.09. The number of hydrogen-bond acceptors (Lipinski definition) is 3. The molecule has 0 saturated carbocycles. The second-order valence-corrected chi connectivity index (χ2v) is 5.04. The van der Waals surface area contributed by atoms with Gasteiger partial charge < -0.3 is 9.52 Å². The Balaban J connectivity index is 2.40. The van der Waals surface area contributed by atoms with Gasteiger partial charge in [0.2, 0.25) is 0 Å². The standard InChI is InChI=1S/C11H11BrO2S/c1-6-3-8(7(2)14-6)11(13)9-4-15-5-10(9)12/h3-5,11,13H,1-2H3. The lowest BCUT2D eigenvalue weighted by Gasteiger charge is -2.08. The molecule has 15 heavy (non-hydrogen) atoms. The van der Waals surface area contributed by atoms with E-state index in [2.05, 4.69) is 15.9 Å². The Bertz CT molecular complexity index is 473. The fourth-order valence-electron chi connectivity index (χ4n) is 1.58. The molecule has 0 saturated heterocycles. The molecule has 0 aromatic carbocycles. The van der Waals surface area contributed by atoms with Gasteiger partial charge >= 0.3 is 0 Å². The average molecular weight is 287 g/mol. The zero-order valence-corrected chi connectivity index (χ0v) is 10.9. The lowest BCUT2D eigenvalue weighted by molar-refractivity contribution is 0.217. The van der Waals surface area contributed by atoms with Crippen LogP contribution >= 0.6 is 27.3 Å². The highest BCUT2D eigenvalue weighted by atomic mass is 79.9. The fourth-order valence-corrected chi connectivity index (χ4v) is 3.11. The highest BCUT2D eigenvalue weighted by Gasteiger charge is 2.19. The first-order valence-corrected chi connectivity index (χ1v) is 6.29. The van der Waals surface area contributed by atoms with Crippen molar-refractivity contribution >= 4 is 27.3 Å². The van der Waals surface area contributed by atoms with Crippen LogP contribution in [0.2, 0.25) is 0 Å². The number of thiophene rings is 1. The summed E-state index contributed by atoms with van der Waals surface area (Å²) < 4.78 is 6.34. The average Bonchev–Trinajstić information content (AvgIpc) is 2.71. The maximum atomic E-state index is 10.2. The van der Waals surface area contributed by atoms with Crippen molar-refractivity contribution in [1.82, 2.24) is 0 Å². The second-order valence-electron chi connectivity index (χ2n) is 3.45. The van der Waals surface area contributed by atoms with Crippen LogP contribution in [0.15, 0.2) is 25.7 Å². The molecule has 0 spiro atoms. The minimum Gasteiger partial charge on any atom is -0.466 e. The van der Waals surface area contributed by atoms with Crippen molar-refractivity contribution in [2.45, 2.75) is 20.0 Å². The smallest absolute Gasteiger partial charge is 0.109 e.